The first-order valence-electron chi connectivity index (χ1n) is 5.60. The lowest BCUT2D eigenvalue weighted by atomic mass is 10.1. The van der Waals surface area contributed by atoms with E-state index in [2.05, 4.69) is 5.32 Å². The topological polar surface area (TPSA) is 86.6 Å². The van der Waals surface area contributed by atoms with Crippen LogP contribution in [0.4, 0.5) is 10.1 Å². The summed E-state index contributed by atoms with van der Waals surface area (Å²) in [5.41, 5.74) is 0.215. The van der Waals surface area contributed by atoms with Gasteiger partial charge in [-0.3, -0.25) is 4.79 Å². The molecule has 0 heterocycles. The van der Waals surface area contributed by atoms with Crippen molar-refractivity contribution in [2.24, 2.45) is 0 Å². The molecule has 5 nitrogen and oxygen atoms in total. The number of hydrogen-bond acceptors (Lipinski definition) is 3. The molecular weight excluding hydrogens is 265 g/mol. The molecular formula is C14H10FNO4. The number of carbonyl (C=O) groups is 2. The largest absolute Gasteiger partial charge is 0.507 e. The van der Waals surface area contributed by atoms with Gasteiger partial charge in [-0.2, -0.15) is 0 Å². The van der Waals surface area contributed by atoms with E-state index in [0.717, 1.165) is 18.2 Å². The van der Waals surface area contributed by atoms with Gasteiger partial charge >= 0.3 is 5.97 Å². The second-order valence-corrected chi connectivity index (χ2v) is 4.00. The van der Waals surface area contributed by atoms with Crippen LogP contribution in [0.25, 0.3) is 0 Å². The number of aromatic carboxylic acids is 1. The third-order valence-electron chi connectivity index (χ3n) is 2.59. The van der Waals surface area contributed by atoms with Crippen LogP contribution in [-0.2, 0) is 0 Å². The predicted octanol–water partition coefficient (Wildman–Crippen LogP) is 2.48. The highest BCUT2D eigenvalue weighted by atomic mass is 19.1. The monoisotopic (exact) mass is 275 g/mol. The van der Waals surface area contributed by atoms with Crippen LogP contribution in [0, 0.1) is 5.82 Å². The zero-order valence-electron chi connectivity index (χ0n) is 10.1. The van der Waals surface area contributed by atoms with Gasteiger partial charge in [0.2, 0.25) is 0 Å². The van der Waals surface area contributed by atoms with E-state index < -0.39 is 17.7 Å². The van der Waals surface area contributed by atoms with Gasteiger partial charge in [-0.25, -0.2) is 9.18 Å². The van der Waals surface area contributed by atoms with Gasteiger partial charge < -0.3 is 15.5 Å². The quantitative estimate of drug-likeness (QED) is 0.803. The average Bonchev–Trinajstić information content (AvgIpc) is 2.42. The fraction of sp³-hybridized carbons (Fsp3) is 0. The molecule has 0 saturated carbocycles. The van der Waals surface area contributed by atoms with Crippen LogP contribution in [0.1, 0.15) is 20.7 Å². The molecule has 0 fully saturated rings. The van der Waals surface area contributed by atoms with Crippen molar-refractivity contribution in [3.8, 4) is 5.75 Å². The number of carbonyl (C=O) groups excluding carboxylic acids is 1. The first-order valence-corrected chi connectivity index (χ1v) is 5.60. The predicted molar refractivity (Wildman–Crippen MR) is 69.4 cm³/mol. The van der Waals surface area contributed by atoms with Crippen molar-refractivity contribution in [1.82, 2.24) is 0 Å². The molecule has 102 valence electrons. The fourth-order valence-corrected chi connectivity index (χ4v) is 1.58. The van der Waals surface area contributed by atoms with Crippen molar-refractivity contribution in [3.63, 3.8) is 0 Å². The molecule has 0 bridgehead atoms. The van der Waals surface area contributed by atoms with Crippen molar-refractivity contribution < 1.29 is 24.2 Å². The third-order valence-corrected chi connectivity index (χ3v) is 2.59. The van der Waals surface area contributed by atoms with Crippen LogP contribution in [0.15, 0.2) is 42.5 Å². The molecule has 2 aromatic carbocycles. The van der Waals surface area contributed by atoms with E-state index in [9.17, 15) is 19.1 Å². The average molecular weight is 275 g/mol. The number of aromatic hydroxyl groups is 1. The summed E-state index contributed by atoms with van der Waals surface area (Å²) < 4.78 is 13.0. The molecule has 2 aromatic rings. The van der Waals surface area contributed by atoms with Crippen LogP contribution in [-0.4, -0.2) is 22.1 Å². The molecule has 0 unspecified atom stereocenters. The second-order valence-electron chi connectivity index (χ2n) is 4.00. The first kappa shape index (κ1) is 13.5. The summed E-state index contributed by atoms with van der Waals surface area (Å²) in [5.74, 6) is -2.75. The molecule has 0 aliphatic carbocycles. The van der Waals surface area contributed by atoms with Crippen molar-refractivity contribution in [2.75, 3.05) is 5.32 Å². The molecule has 0 aliphatic rings. The number of carboxylic acids is 1. The zero-order valence-corrected chi connectivity index (χ0v) is 10.1. The highest BCUT2D eigenvalue weighted by molar-refractivity contribution is 6.06. The minimum atomic E-state index is -1.08. The van der Waals surface area contributed by atoms with Crippen molar-refractivity contribution >= 4 is 17.6 Å². The van der Waals surface area contributed by atoms with Crippen LogP contribution in [0.5, 0.6) is 5.75 Å². The highest BCUT2D eigenvalue weighted by Crippen LogP contribution is 2.19. The summed E-state index contributed by atoms with van der Waals surface area (Å²) in [6.45, 7) is 0. The molecule has 3 N–H and O–H groups in total. The summed E-state index contributed by atoms with van der Waals surface area (Å²) in [6.07, 6.45) is 0. The second kappa shape index (κ2) is 5.40. The molecule has 0 aliphatic heterocycles. The minimum absolute atomic E-state index is 0.0802. The molecule has 20 heavy (non-hydrogen) atoms. The molecule has 6 heteroatoms. The molecule has 1 amide bonds. The molecule has 0 aromatic heterocycles. The lowest BCUT2D eigenvalue weighted by Crippen LogP contribution is -2.12. The maximum absolute atomic E-state index is 13.0. The number of amides is 1. The Labute approximate surface area is 113 Å². The number of hydrogen-bond donors (Lipinski definition) is 3. The highest BCUT2D eigenvalue weighted by Gasteiger charge is 2.12. The maximum Gasteiger partial charge on any atom is 0.335 e. The zero-order chi connectivity index (χ0) is 14.7. The maximum atomic E-state index is 13.0. The van der Waals surface area contributed by atoms with Gasteiger partial charge in [0.1, 0.15) is 11.6 Å². The van der Waals surface area contributed by atoms with E-state index in [1.165, 1.54) is 24.3 Å². The van der Waals surface area contributed by atoms with Crippen LogP contribution >= 0.6 is 0 Å². The standard InChI is InChI=1S/C14H10FNO4/c15-9-3-6-12(17)11(7-9)13(18)16-10-4-1-8(2-5-10)14(19)20/h1-7,17H,(H,16,18)(H,19,20). The van der Waals surface area contributed by atoms with Crippen LogP contribution in [0.3, 0.4) is 0 Å². The summed E-state index contributed by atoms with van der Waals surface area (Å²) >= 11 is 0. The Morgan fingerprint density at radius 2 is 1.70 bits per heavy atom. The number of nitrogens with one attached hydrogen (secondary N) is 1. The summed E-state index contributed by atoms with van der Waals surface area (Å²) in [7, 11) is 0. The van der Waals surface area contributed by atoms with Crippen LogP contribution < -0.4 is 5.32 Å². The van der Waals surface area contributed by atoms with E-state index in [-0.39, 0.29) is 16.9 Å². The fourth-order valence-electron chi connectivity index (χ4n) is 1.58. The van der Waals surface area contributed by atoms with Gasteiger partial charge in [0.15, 0.2) is 0 Å². The Morgan fingerprint density at radius 3 is 2.30 bits per heavy atom. The van der Waals surface area contributed by atoms with E-state index >= 15 is 0 Å². The number of phenols is 1. The summed E-state index contributed by atoms with van der Waals surface area (Å²) in [4.78, 5) is 22.5. The SMILES string of the molecule is O=C(O)c1ccc(NC(=O)c2cc(F)ccc2O)cc1. The Morgan fingerprint density at radius 1 is 1.05 bits per heavy atom. The van der Waals surface area contributed by atoms with E-state index in [0.29, 0.717) is 5.69 Å². The Bertz CT molecular complexity index is 667. The Balaban J connectivity index is 2.19. The molecule has 0 radical (unpaired) electrons. The molecule has 0 atom stereocenters. The Kier molecular flexibility index (Phi) is 3.65. The molecule has 0 saturated heterocycles. The number of halogens is 1. The van der Waals surface area contributed by atoms with E-state index in [4.69, 9.17) is 5.11 Å². The van der Waals surface area contributed by atoms with Crippen molar-refractivity contribution in [3.05, 3.63) is 59.4 Å². The smallest absolute Gasteiger partial charge is 0.335 e. The normalized spacial score (nSPS) is 10.1. The van der Waals surface area contributed by atoms with Gasteiger partial charge in [-0.05, 0) is 42.5 Å². The molecule has 0 spiro atoms. The Hall–Kier alpha value is -2.89. The number of benzene rings is 2. The van der Waals surface area contributed by atoms with E-state index in [1.54, 1.807) is 0 Å². The van der Waals surface area contributed by atoms with Gasteiger partial charge in [0.25, 0.3) is 5.91 Å². The van der Waals surface area contributed by atoms with Crippen molar-refractivity contribution in [1.29, 1.82) is 0 Å². The van der Waals surface area contributed by atoms with Crippen LogP contribution in [0.2, 0.25) is 0 Å². The lowest BCUT2D eigenvalue weighted by molar-refractivity contribution is 0.0696. The van der Waals surface area contributed by atoms with Gasteiger partial charge in [-0.1, -0.05) is 0 Å². The van der Waals surface area contributed by atoms with Crippen molar-refractivity contribution in [2.45, 2.75) is 0 Å². The number of phenolic OH excluding ortho intramolecular Hbond substituents is 1. The molecule has 2 rings (SSSR count). The van der Waals surface area contributed by atoms with Gasteiger partial charge in [0.05, 0.1) is 11.1 Å². The van der Waals surface area contributed by atoms with Gasteiger partial charge in [-0.15, -0.1) is 0 Å². The number of rotatable bonds is 3. The first-order chi connectivity index (χ1) is 9.47. The third kappa shape index (κ3) is 2.92. The van der Waals surface area contributed by atoms with Gasteiger partial charge in [0, 0.05) is 5.69 Å². The number of anilines is 1. The summed E-state index contributed by atoms with van der Waals surface area (Å²) in [5, 5.41) is 20.7. The number of carboxylic acid groups (broad SMARTS) is 1. The summed E-state index contributed by atoms with van der Waals surface area (Å²) in [6, 6.07) is 8.48. The van der Waals surface area contributed by atoms with E-state index in [1.807, 2.05) is 0 Å². The lowest BCUT2D eigenvalue weighted by Gasteiger charge is -2.07. The minimum Gasteiger partial charge on any atom is -0.507 e.